The van der Waals surface area contributed by atoms with Gasteiger partial charge in [-0.2, -0.15) is 0 Å². The minimum absolute atomic E-state index is 1.24. The molecule has 0 spiro atoms. The van der Waals surface area contributed by atoms with Crippen molar-refractivity contribution in [1.29, 1.82) is 0 Å². The highest BCUT2D eigenvalue weighted by Gasteiger charge is 1.98. The first-order valence-electron chi connectivity index (χ1n) is 6.94. The molecule has 0 aliphatic rings. The molecule has 0 N–H and O–H groups in total. The van der Waals surface area contributed by atoms with Gasteiger partial charge in [0.15, 0.2) is 0 Å². The van der Waals surface area contributed by atoms with Crippen molar-refractivity contribution in [3.8, 4) is 0 Å². The summed E-state index contributed by atoms with van der Waals surface area (Å²) in [6, 6.07) is 23.2. The second kappa shape index (κ2) is 7.30. The molecule has 0 saturated heterocycles. The molecule has 0 atom stereocenters. The predicted octanol–water partition coefficient (Wildman–Crippen LogP) is 5.94. The lowest BCUT2D eigenvalue weighted by molar-refractivity contribution is 1.61. The summed E-state index contributed by atoms with van der Waals surface area (Å²) in [6.07, 6.45) is 6.29. The van der Waals surface area contributed by atoms with Crippen molar-refractivity contribution in [2.45, 2.75) is 13.8 Å². The number of benzene rings is 1. The first kappa shape index (κ1) is 14.1. The topological polar surface area (TPSA) is 0 Å². The lowest BCUT2D eigenvalue weighted by atomic mass is 10.0. The van der Waals surface area contributed by atoms with Crippen LogP contribution in [0.1, 0.15) is 19.4 Å². The molecule has 0 heterocycles. The highest BCUT2D eigenvalue weighted by Crippen LogP contribution is 2.22. The van der Waals surface area contributed by atoms with E-state index in [9.17, 15) is 0 Å². The van der Waals surface area contributed by atoms with Crippen molar-refractivity contribution in [3.05, 3.63) is 90.5 Å². The van der Waals surface area contributed by atoms with Crippen LogP contribution in [-0.2, 0) is 0 Å². The average molecular weight is 260 g/mol. The van der Waals surface area contributed by atoms with E-state index >= 15 is 0 Å². The van der Waals surface area contributed by atoms with Gasteiger partial charge in [0, 0.05) is 0 Å². The summed E-state index contributed by atoms with van der Waals surface area (Å²) in [5.41, 5.74) is 2.52. The van der Waals surface area contributed by atoms with Crippen molar-refractivity contribution in [1.82, 2.24) is 0 Å². The van der Waals surface area contributed by atoms with Gasteiger partial charge < -0.3 is 0 Å². The Hall–Kier alpha value is -2.34. The molecule has 0 radical (unpaired) electrons. The number of allylic oxidation sites excluding steroid dienone is 4. The Morgan fingerprint density at radius 1 is 0.800 bits per heavy atom. The molecule has 0 aromatic heterocycles. The molecule has 0 heteroatoms. The van der Waals surface area contributed by atoms with Crippen LogP contribution in [0.25, 0.3) is 16.3 Å². The maximum Gasteiger partial charge on any atom is -0.0109 e. The van der Waals surface area contributed by atoms with Gasteiger partial charge in [0.25, 0.3) is 0 Å². The summed E-state index contributed by atoms with van der Waals surface area (Å²) in [6.45, 7) is 4.19. The van der Waals surface area contributed by atoms with Gasteiger partial charge in [-0.25, -0.2) is 0 Å². The van der Waals surface area contributed by atoms with Gasteiger partial charge in [0.2, 0.25) is 0 Å². The van der Waals surface area contributed by atoms with E-state index in [0.717, 1.165) is 0 Å². The molecule has 0 fully saturated rings. The van der Waals surface area contributed by atoms with E-state index in [0.29, 0.717) is 0 Å². The van der Waals surface area contributed by atoms with Crippen LogP contribution in [0, 0.1) is 0 Å². The van der Waals surface area contributed by atoms with Crippen molar-refractivity contribution in [2.75, 3.05) is 0 Å². The quantitative estimate of drug-likeness (QED) is 0.586. The van der Waals surface area contributed by atoms with Gasteiger partial charge in [-0.15, -0.1) is 0 Å². The molecule has 0 nitrogen and oxygen atoms in total. The Balaban J connectivity index is 2.81. The standard InChI is InChI=1S/C20H20/c1-3-4-12-17(2)19-15-9-7-5-6-8-13-18-14-10-11-16-20(18)19/h3-16H,1-2H3/b4-3-,6-5?,7-5?,8-6?,9-7?,13-8?,15-9?,17-12+,18-13?,19-15?,20-19?. The summed E-state index contributed by atoms with van der Waals surface area (Å²) in [4.78, 5) is 0. The molecule has 0 aliphatic heterocycles. The van der Waals surface area contributed by atoms with Crippen LogP contribution in [0.5, 0.6) is 0 Å². The number of fused-ring (bicyclic) bond motifs is 1. The van der Waals surface area contributed by atoms with Crippen molar-refractivity contribution >= 4 is 16.3 Å². The molecule has 2 aromatic carbocycles. The maximum atomic E-state index is 2.18. The van der Waals surface area contributed by atoms with E-state index in [2.05, 4.69) is 85.8 Å². The van der Waals surface area contributed by atoms with E-state index in [1.54, 1.807) is 0 Å². The molecule has 2 rings (SSSR count). The second-order valence-electron chi connectivity index (χ2n) is 4.67. The Morgan fingerprint density at radius 3 is 2.15 bits per heavy atom. The Labute approximate surface area is 121 Å². The minimum Gasteiger partial charge on any atom is -0.0877 e. The van der Waals surface area contributed by atoms with Crippen LogP contribution in [0.15, 0.2) is 85.0 Å². The normalized spacial score (nSPS) is 11.6. The van der Waals surface area contributed by atoms with Crippen molar-refractivity contribution in [2.24, 2.45) is 0 Å². The Morgan fingerprint density at radius 2 is 1.40 bits per heavy atom. The molecule has 0 bridgehead atoms. The van der Waals surface area contributed by atoms with Crippen molar-refractivity contribution in [3.63, 3.8) is 0 Å². The van der Waals surface area contributed by atoms with E-state index in [-0.39, 0.29) is 0 Å². The summed E-state index contributed by atoms with van der Waals surface area (Å²) in [5, 5.41) is 2.51. The van der Waals surface area contributed by atoms with E-state index in [1.807, 2.05) is 13.0 Å². The van der Waals surface area contributed by atoms with E-state index in [4.69, 9.17) is 0 Å². The van der Waals surface area contributed by atoms with Gasteiger partial charge in [-0.1, -0.05) is 85.0 Å². The van der Waals surface area contributed by atoms with Gasteiger partial charge in [-0.3, -0.25) is 0 Å². The summed E-state index contributed by atoms with van der Waals surface area (Å²) in [7, 11) is 0. The van der Waals surface area contributed by atoms with E-state index < -0.39 is 0 Å². The van der Waals surface area contributed by atoms with Crippen LogP contribution >= 0.6 is 0 Å². The third kappa shape index (κ3) is 3.58. The number of hydrogen-bond donors (Lipinski definition) is 0. The van der Waals surface area contributed by atoms with Crippen LogP contribution < -0.4 is 0 Å². The monoisotopic (exact) mass is 260 g/mol. The largest absolute Gasteiger partial charge is 0.0877 e. The van der Waals surface area contributed by atoms with Crippen LogP contribution in [-0.4, -0.2) is 0 Å². The van der Waals surface area contributed by atoms with Gasteiger partial charge in [0.1, 0.15) is 0 Å². The highest BCUT2D eigenvalue weighted by molar-refractivity contribution is 5.92. The fourth-order valence-electron chi connectivity index (χ4n) is 2.16. The number of rotatable bonds is 2. The molecular formula is C20H20. The summed E-state index contributed by atoms with van der Waals surface area (Å²) < 4.78 is 0. The lowest BCUT2D eigenvalue weighted by Gasteiger charge is -2.04. The fraction of sp³-hybridized carbons (Fsp3) is 0.100. The van der Waals surface area contributed by atoms with Crippen LogP contribution in [0.4, 0.5) is 0 Å². The third-order valence-electron chi connectivity index (χ3n) is 3.20. The van der Waals surface area contributed by atoms with Crippen LogP contribution in [0.3, 0.4) is 0 Å². The first-order valence-corrected chi connectivity index (χ1v) is 6.94. The SMILES string of the molecule is C/C=C\C=C(/C)c1cccccccc2ccccc12. The molecule has 2 aromatic rings. The molecule has 100 valence electrons. The zero-order valence-corrected chi connectivity index (χ0v) is 12.1. The summed E-state index contributed by atoms with van der Waals surface area (Å²) in [5.74, 6) is 0. The molecule has 20 heavy (non-hydrogen) atoms. The smallest absolute Gasteiger partial charge is 0.0109 e. The van der Waals surface area contributed by atoms with Gasteiger partial charge >= 0.3 is 0 Å². The zero-order valence-electron chi connectivity index (χ0n) is 12.1. The van der Waals surface area contributed by atoms with E-state index in [1.165, 1.54) is 21.9 Å². The molecule has 0 amide bonds. The van der Waals surface area contributed by atoms with Gasteiger partial charge in [-0.05, 0) is 35.8 Å². The molecular weight excluding hydrogens is 240 g/mol. The van der Waals surface area contributed by atoms with Crippen LogP contribution in [0.2, 0.25) is 0 Å². The second-order valence-corrected chi connectivity index (χ2v) is 4.67. The maximum absolute atomic E-state index is 2.18. The first-order chi connectivity index (χ1) is 9.83. The molecule has 0 unspecified atom stereocenters. The molecule has 0 saturated carbocycles. The van der Waals surface area contributed by atoms with Gasteiger partial charge in [0.05, 0.1) is 0 Å². The summed E-state index contributed by atoms with van der Waals surface area (Å²) >= 11 is 0. The minimum atomic E-state index is 1.24. The Kier molecular flexibility index (Phi) is 5.14. The number of hydrogen-bond acceptors (Lipinski definition) is 0. The fourth-order valence-corrected chi connectivity index (χ4v) is 2.16. The lowest BCUT2D eigenvalue weighted by Crippen LogP contribution is -1.80. The third-order valence-corrected chi connectivity index (χ3v) is 3.20. The zero-order chi connectivity index (χ0) is 14.2. The average Bonchev–Trinajstić information content (AvgIpc) is 2.49. The highest BCUT2D eigenvalue weighted by atomic mass is 14.0. The molecule has 0 aliphatic carbocycles. The predicted molar refractivity (Wildman–Crippen MR) is 90.0 cm³/mol. The Bertz CT molecular complexity index is 688. The van der Waals surface area contributed by atoms with Crippen molar-refractivity contribution < 1.29 is 0 Å².